The highest BCUT2D eigenvalue weighted by Gasteiger charge is 2.37. The number of hydrogen-bond donors (Lipinski definition) is 1. The fourth-order valence-electron chi connectivity index (χ4n) is 3.87. The van der Waals surface area contributed by atoms with E-state index in [1.165, 1.54) is 0 Å². The highest BCUT2D eigenvalue weighted by molar-refractivity contribution is 8.13. The lowest BCUT2D eigenvalue weighted by molar-refractivity contribution is -0.139. The number of esters is 1. The number of fused-ring (bicyclic) bond motifs is 1. The van der Waals surface area contributed by atoms with E-state index in [0.29, 0.717) is 34.2 Å². The fraction of sp³-hybridized carbons (Fsp3) is 0.292. The van der Waals surface area contributed by atoms with Gasteiger partial charge in [-0.05, 0) is 56.2 Å². The van der Waals surface area contributed by atoms with E-state index < -0.39 is 0 Å². The van der Waals surface area contributed by atoms with E-state index >= 15 is 0 Å². The number of amides is 1. The number of halogens is 1. The van der Waals surface area contributed by atoms with Crippen LogP contribution < -0.4 is 5.32 Å². The van der Waals surface area contributed by atoms with E-state index in [2.05, 4.69) is 15.2 Å². The Balaban J connectivity index is 1.61. The third kappa shape index (κ3) is 4.69. The first-order chi connectivity index (χ1) is 15.5. The van der Waals surface area contributed by atoms with Crippen LogP contribution in [0.4, 0.5) is 5.69 Å². The second-order valence-corrected chi connectivity index (χ2v) is 9.00. The number of benzene rings is 2. The average molecular weight is 470 g/mol. The Morgan fingerprint density at radius 2 is 2.03 bits per heavy atom. The van der Waals surface area contributed by atoms with Gasteiger partial charge in [-0.3, -0.25) is 4.79 Å². The first kappa shape index (κ1) is 22.4. The largest absolute Gasteiger partial charge is 0.463 e. The Hall–Kier alpha value is -2.77. The second kappa shape index (κ2) is 9.79. The van der Waals surface area contributed by atoms with Crippen molar-refractivity contribution in [1.82, 2.24) is 4.90 Å². The molecule has 1 unspecified atom stereocenters. The minimum absolute atomic E-state index is 0.234. The lowest BCUT2D eigenvalue weighted by Gasteiger charge is -2.40. The number of thioether (sulfide) groups is 1. The van der Waals surface area contributed by atoms with E-state index in [9.17, 15) is 9.59 Å². The SMILES string of the molecule is CCOC(=O)C1=C(C)N=C2SCCCN2C1c1ccc(NC(=O)c2cccc(Cl)c2)cc1. The number of hydrogen-bond acceptors (Lipinski definition) is 6. The molecule has 1 N–H and O–H groups in total. The molecule has 32 heavy (non-hydrogen) atoms. The highest BCUT2D eigenvalue weighted by Crippen LogP contribution is 2.40. The van der Waals surface area contributed by atoms with Crippen LogP contribution in [0.2, 0.25) is 5.02 Å². The summed E-state index contributed by atoms with van der Waals surface area (Å²) in [5.74, 6) is 0.438. The van der Waals surface area contributed by atoms with Crippen molar-refractivity contribution in [3.05, 3.63) is 76.0 Å². The molecule has 0 saturated carbocycles. The van der Waals surface area contributed by atoms with E-state index in [1.54, 1.807) is 43.0 Å². The molecule has 1 amide bonds. The summed E-state index contributed by atoms with van der Waals surface area (Å²) >= 11 is 7.70. The smallest absolute Gasteiger partial charge is 0.338 e. The van der Waals surface area contributed by atoms with Crippen molar-refractivity contribution in [3.63, 3.8) is 0 Å². The van der Waals surface area contributed by atoms with Crippen LogP contribution in [0.25, 0.3) is 0 Å². The third-order valence-electron chi connectivity index (χ3n) is 5.32. The summed E-state index contributed by atoms with van der Waals surface area (Å²) in [6, 6.07) is 14.1. The third-order valence-corrected chi connectivity index (χ3v) is 6.64. The average Bonchev–Trinajstić information content (AvgIpc) is 2.79. The molecule has 6 nitrogen and oxygen atoms in total. The number of ether oxygens (including phenoxy) is 1. The monoisotopic (exact) mass is 469 g/mol. The molecule has 0 bridgehead atoms. The Morgan fingerprint density at radius 1 is 1.25 bits per heavy atom. The molecule has 0 spiro atoms. The number of aliphatic imine (C=N–C) groups is 1. The molecule has 1 fully saturated rings. The van der Waals surface area contributed by atoms with Crippen LogP contribution in [-0.2, 0) is 9.53 Å². The Kier molecular flexibility index (Phi) is 6.86. The molecule has 2 aromatic carbocycles. The highest BCUT2D eigenvalue weighted by atomic mass is 35.5. The standard InChI is InChI=1S/C24H24ClN3O3S/c1-3-31-23(30)20-15(2)26-24-28(12-5-13-32-24)21(20)16-8-10-19(11-9-16)27-22(29)17-6-4-7-18(25)14-17/h4,6-11,14,21H,3,5,12-13H2,1-2H3,(H,27,29). The zero-order chi connectivity index (χ0) is 22.7. The van der Waals surface area contributed by atoms with Crippen LogP contribution in [0.5, 0.6) is 0 Å². The second-order valence-electron chi connectivity index (χ2n) is 7.50. The molecule has 1 atom stereocenters. The number of rotatable bonds is 5. The van der Waals surface area contributed by atoms with Crippen LogP contribution in [0.15, 0.2) is 64.8 Å². The fourth-order valence-corrected chi connectivity index (χ4v) is 5.08. The van der Waals surface area contributed by atoms with Crippen molar-refractivity contribution in [2.75, 3.05) is 24.2 Å². The van der Waals surface area contributed by atoms with E-state index in [0.717, 1.165) is 29.4 Å². The van der Waals surface area contributed by atoms with Crippen molar-refractivity contribution in [2.45, 2.75) is 26.3 Å². The number of carbonyl (C=O) groups excluding carboxylic acids is 2. The molecule has 2 aliphatic heterocycles. The molecular formula is C24H24ClN3O3S. The summed E-state index contributed by atoms with van der Waals surface area (Å²) in [5, 5.41) is 4.34. The van der Waals surface area contributed by atoms with Crippen molar-refractivity contribution in [1.29, 1.82) is 0 Å². The maximum absolute atomic E-state index is 12.8. The number of nitrogens with zero attached hydrogens (tertiary/aromatic N) is 2. The molecule has 0 radical (unpaired) electrons. The zero-order valence-corrected chi connectivity index (χ0v) is 19.5. The molecule has 0 aromatic heterocycles. The number of nitrogens with one attached hydrogen (secondary N) is 1. The van der Waals surface area contributed by atoms with Crippen molar-refractivity contribution in [2.24, 2.45) is 4.99 Å². The maximum Gasteiger partial charge on any atom is 0.338 e. The van der Waals surface area contributed by atoms with Crippen LogP contribution in [-0.4, -0.2) is 40.8 Å². The lowest BCUT2D eigenvalue weighted by Crippen LogP contribution is -2.42. The van der Waals surface area contributed by atoms with E-state index in [-0.39, 0.29) is 17.9 Å². The van der Waals surface area contributed by atoms with Crippen LogP contribution in [0.3, 0.4) is 0 Å². The van der Waals surface area contributed by atoms with Gasteiger partial charge in [-0.25, -0.2) is 9.79 Å². The first-order valence-corrected chi connectivity index (χ1v) is 11.9. The maximum atomic E-state index is 12.8. The predicted octanol–water partition coefficient (Wildman–Crippen LogP) is 5.28. The topological polar surface area (TPSA) is 71.0 Å². The minimum atomic E-state index is -0.341. The Bertz CT molecular complexity index is 1100. The van der Waals surface area contributed by atoms with Gasteiger partial charge in [0.1, 0.15) is 0 Å². The Labute approximate surface area is 196 Å². The van der Waals surface area contributed by atoms with Gasteiger partial charge >= 0.3 is 5.97 Å². The normalized spacial score (nSPS) is 18.0. The summed E-state index contributed by atoms with van der Waals surface area (Å²) in [7, 11) is 0. The van der Waals surface area contributed by atoms with Gasteiger partial charge in [0.05, 0.1) is 23.9 Å². The van der Waals surface area contributed by atoms with Gasteiger partial charge in [0, 0.05) is 28.6 Å². The quantitative estimate of drug-likeness (QED) is 0.603. The van der Waals surface area contributed by atoms with Gasteiger partial charge in [-0.2, -0.15) is 0 Å². The van der Waals surface area contributed by atoms with Crippen LogP contribution in [0.1, 0.15) is 42.2 Å². The van der Waals surface area contributed by atoms with Crippen LogP contribution >= 0.6 is 23.4 Å². The molecule has 2 aliphatic rings. The summed E-state index contributed by atoms with van der Waals surface area (Å²) in [4.78, 5) is 32.2. The number of carbonyl (C=O) groups is 2. The number of anilines is 1. The number of allylic oxidation sites excluding steroid dienone is 1. The summed E-state index contributed by atoms with van der Waals surface area (Å²) in [6.45, 7) is 4.79. The van der Waals surface area contributed by atoms with Gasteiger partial charge in [0.2, 0.25) is 0 Å². The molecular weight excluding hydrogens is 446 g/mol. The predicted molar refractivity (Wildman–Crippen MR) is 129 cm³/mol. The van der Waals surface area contributed by atoms with Crippen molar-refractivity contribution >= 4 is 46.1 Å². The molecule has 2 heterocycles. The molecule has 1 saturated heterocycles. The molecule has 166 valence electrons. The van der Waals surface area contributed by atoms with Crippen LogP contribution in [0, 0.1) is 0 Å². The van der Waals surface area contributed by atoms with Gasteiger partial charge in [0.25, 0.3) is 5.91 Å². The van der Waals surface area contributed by atoms with Gasteiger partial charge < -0.3 is 15.0 Å². The summed E-state index contributed by atoms with van der Waals surface area (Å²) in [5.41, 5.74) is 3.35. The van der Waals surface area contributed by atoms with Gasteiger partial charge in [0.15, 0.2) is 5.17 Å². The molecule has 4 rings (SSSR count). The van der Waals surface area contributed by atoms with Gasteiger partial charge in [-0.1, -0.05) is 41.6 Å². The molecule has 2 aromatic rings. The Morgan fingerprint density at radius 3 is 2.75 bits per heavy atom. The van der Waals surface area contributed by atoms with Crippen molar-refractivity contribution in [3.8, 4) is 0 Å². The summed E-state index contributed by atoms with van der Waals surface area (Å²) < 4.78 is 5.35. The first-order valence-electron chi connectivity index (χ1n) is 10.5. The van der Waals surface area contributed by atoms with E-state index in [4.69, 9.17) is 16.3 Å². The summed E-state index contributed by atoms with van der Waals surface area (Å²) in [6.07, 6.45) is 1.02. The minimum Gasteiger partial charge on any atom is -0.463 e. The number of amidine groups is 1. The zero-order valence-electron chi connectivity index (χ0n) is 17.9. The molecule has 8 heteroatoms. The lowest BCUT2D eigenvalue weighted by atomic mass is 9.94. The molecule has 0 aliphatic carbocycles. The van der Waals surface area contributed by atoms with Crippen molar-refractivity contribution < 1.29 is 14.3 Å². The van der Waals surface area contributed by atoms with Gasteiger partial charge in [-0.15, -0.1) is 0 Å². The van der Waals surface area contributed by atoms with E-state index in [1.807, 2.05) is 31.2 Å².